The first-order valence-corrected chi connectivity index (χ1v) is 18.2. The van der Waals surface area contributed by atoms with Crippen LogP contribution < -0.4 is 25.0 Å². The van der Waals surface area contributed by atoms with E-state index in [2.05, 4.69) is 49.8 Å². The van der Waals surface area contributed by atoms with E-state index in [-0.39, 0.29) is 23.6 Å². The predicted molar refractivity (Wildman–Crippen MR) is 211 cm³/mol. The van der Waals surface area contributed by atoms with E-state index >= 15 is 0 Å². The Labute approximate surface area is 322 Å². The van der Waals surface area contributed by atoms with Crippen molar-refractivity contribution in [1.82, 2.24) is 30.1 Å². The van der Waals surface area contributed by atoms with E-state index in [0.29, 0.717) is 28.0 Å². The average molecular weight is 750 g/mol. The number of methoxy groups -OCH3 is 2. The number of hydrogen-bond acceptors (Lipinski definition) is 11. The van der Waals surface area contributed by atoms with Crippen LogP contribution in [0.1, 0.15) is 38.4 Å². The summed E-state index contributed by atoms with van der Waals surface area (Å²) in [5, 5.41) is 16.7. The van der Waals surface area contributed by atoms with Gasteiger partial charge < -0.3 is 23.9 Å². The molecule has 0 aliphatic carbocycles. The van der Waals surface area contributed by atoms with Crippen molar-refractivity contribution in [2.45, 2.75) is 32.9 Å². The molecule has 0 bridgehead atoms. The molecule has 13 nitrogen and oxygen atoms in total. The van der Waals surface area contributed by atoms with Gasteiger partial charge in [0.05, 0.1) is 36.5 Å². The van der Waals surface area contributed by atoms with Crippen LogP contribution in [0.15, 0.2) is 113 Å². The van der Waals surface area contributed by atoms with Crippen molar-refractivity contribution in [3.05, 3.63) is 147 Å². The molecule has 0 unspecified atom stereocenters. The van der Waals surface area contributed by atoms with Gasteiger partial charge >= 0.3 is 0 Å². The number of aryl methyl sites for hydroxylation is 1. The Morgan fingerprint density at radius 1 is 0.893 bits per heavy atom. The van der Waals surface area contributed by atoms with Crippen LogP contribution in [0.2, 0.25) is 0 Å². The van der Waals surface area contributed by atoms with Crippen LogP contribution in [0.3, 0.4) is 0 Å². The van der Waals surface area contributed by atoms with Crippen molar-refractivity contribution in [3.8, 4) is 34.3 Å². The molecule has 7 aromatic rings. The summed E-state index contributed by atoms with van der Waals surface area (Å²) in [7, 11) is 3.33. The van der Waals surface area contributed by atoms with Crippen molar-refractivity contribution in [2.75, 3.05) is 32.6 Å². The van der Waals surface area contributed by atoms with Crippen molar-refractivity contribution in [3.63, 3.8) is 0 Å². The summed E-state index contributed by atoms with van der Waals surface area (Å²) in [6.07, 6.45) is 5.28. The first kappa shape index (κ1) is 36.1. The van der Waals surface area contributed by atoms with Crippen LogP contribution in [0.5, 0.6) is 17.2 Å². The summed E-state index contributed by atoms with van der Waals surface area (Å²) in [5.41, 5.74) is 6.99. The molecule has 56 heavy (non-hydrogen) atoms. The van der Waals surface area contributed by atoms with Gasteiger partial charge in [-0.25, -0.2) is 0 Å². The highest BCUT2D eigenvalue weighted by atomic mass is 16.5. The number of pyridine rings is 1. The van der Waals surface area contributed by atoms with Gasteiger partial charge in [0, 0.05) is 43.7 Å². The van der Waals surface area contributed by atoms with Crippen molar-refractivity contribution < 1.29 is 23.4 Å². The summed E-state index contributed by atoms with van der Waals surface area (Å²) in [6, 6.07) is 27.5. The number of benzene rings is 4. The topological polar surface area (TPSA) is 147 Å². The third kappa shape index (κ3) is 7.70. The minimum atomic E-state index is -0.603. The number of nitrogens with one attached hydrogen (secondary N) is 1. The Bertz CT molecular complexity index is 2590. The Balaban J connectivity index is 1.01. The molecule has 0 atom stereocenters. The maximum Gasteiger partial charge on any atom is 0.291 e. The smallest absolute Gasteiger partial charge is 0.291 e. The van der Waals surface area contributed by atoms with Gasteiger partial charge in [-0.15, -0.1) is 15.0 Å². The number of amides is 1. The molecule has 0 saturated carbocycles. The van der Waals surface area contributed by atoms with Gasteiger partial charge in [-0.2, -0.15) is 0 Å². The quantitative estimate of drug-likeness (QED) is 0.144. The Morgan fingerprint density at radius 3 is 2.48 bits per heavy atom. The van der Waals surface area contributed by atoms with E-state index in [1.165, 1.54) is 27.6 Å². The van der Waals surface area contributed by atoms with Crippen LogP contribution in [0.25, 0.3) is 28.0 Å². The molecule has 0 spiro atoms. The second-order valence-corrected chi connectivity index (χ2v) is 13.6. The van der Waals surface area contributed by atoms with E-state index in [9.17, 15) is 9.59 Å². The van der Waals surface area contributed by atoms with Crippen LogP contribution in [-0.2, 0) is 26.0 Å². The lowest BCUT2D eigenvalue weighted by Crippen LogP contribution is -2.32. The van der Waals surface area contributed by atoms with Crippen LogP contribution >= 0.6 is 0 Å². The summed E-state index contributed by atoms with van der Waals surface area (Å²) in [5.74, 6) is 1.61. The monoisotopic (exact) mass is 749 g/mol. The van der Waals surface area contributed by atoms with Gasteiger partial charge in [0.2, 0.25) is 5.82 Å². The van der Waals surface area contributed by atoms with Gasteiger partial charge in [0.25, 0.3) is 5.91 Å². The summed E-state index contributed by atoms with van der Waals surface area (Å²) in [4.78, 5) is 34.4. The molecule has 4 aromatic carbocycles. The van der Waals surface area contributed by atoms with Crippen LogP contribution in [0.4, 0.5) is 5.69 Å². The van der Waals surface area contributed by atoms with E-state index in [1.54, 1.807) is 63.0 Å². The largest absolute Gasteiger partial charge is 0.493 e. The minimum Gasteiger partial charge on any atom is -0.493 e. The number of rotatable bonds is 12. The molecular formula is C43H39N7O6. The predicted octanol–water partition coefficient (Wildman–Crippen LogP) is 6.59. The van der Waals surface area contributed by atoms with E-state index in [0.717, 1.165) is 60.8 Å². The second kappa shape index (κ2) is 15.9. The highest BCUT2D eigenvalue weighted by molar-refractivity contribution is 6.05. The maximum atomic E-state index is 13.6. The number of carbonyl (C=O) groups is 1. The van der Waals surface area contributed by atoms with Gasteiger partial charge in [0.1, 0.15) is 17.9 Å². The molecule has 1 N–H and O–H groups in total. The second-order valence-electron chi connectivity index (χ2n) is 13.6. The molecule has 4 heterocycles. The first-order chi connectivity index (χ1) is 27.3. The molecular weight excluding hydrogens is 711 g/mol. The maximum absolute atomic E-state index is 13.6. The SMILES string of the molecule is COc1cc2c(cc1OC)CN(CCc1ccc(-n3nnc(-c4cc(OCc5cccnc5)c(C)cc4NC(=O)c4cc(=O)c5ccccc5o4)n3)cc1)CC2. The fourth-order valence-corrected chi connectivity index (χ4v) is 6.82. The number of anilines is 1. The third-order valence-corrected chi connectivity index (χ3v) is 9.87. The fourth-order valence-electron chi connectivity index (χ4n) is 6.82. The van der Waals surface area contributed by atoms with Gasteiger partial charge in [-0.05, 0) is 102 Å². The summed E-state index contributed by atoms with van der Waals surface area (Å²) >= 11 is 0. The average Bonchev–Trinajstić information content (AvgIpc) is 3.73. The molecule has 13 heteroatoms. The van der Waals surface area contributed by atoms with Crippen LogP contribution in [-0.4, -0.2) is 63.3 Å². The third-order valence-electron chi connectivity index (χ3n) is 9.87. The molecule has 8 rings (SSSR count). The highest BCUT2D eigenvalue weighted by Gasteiger charge is 2.22. The lowest BCUT2D eigenvalue weighted by atomic mass is 9.98. The standard InChI is InChI=1S/C43H39N7O6/c1-27-19-35(45-43(52)41-23-36(51)33-8-4-5-9-37(33)56-41)34(22-38(27)55-26-29-7-6-16-44-24-29)42-46-48-50(47-42)32-12-10-28(11-13-32)14-17-49-18-15-30-20-39(53-2)40(54-3)21-31(30)25-49/h4-13,16,19-24H,14-15,17-18,25-26H2,1-3H3,(H,45,52). The minimum absolute atomic E-state index is 0.128. The van der Waals surface area contributed by atoms with Crippen molar-refractivity contribution >= 4 is 22.6 Å². The summed E-state index contributed by atoms with van der Waals surface area (Å²) < 4.78 is 23.0. The van der Waals surface area contributed by atoms with E-state index in [4.69, 9.17) is 23.7 Å². The number of para-hydroxylation sites is 1. The number of fused-ring (bicyclic) bond motifs is 2. The first-order valence-electron chi connectivity index (χ1n) is 18.2. The number of nitrogens with zero attached hydrogens (tertiary/aromatic N) is 6. The summed E-state index contributed by atoms with van der Waals surface area (Å²) in [6.45, 7) is 4.89. The highest BCUT2D eigenvalue weighted by Crippen LogP contribution is 2.35. The molecule has 1 amide bonds. The number of hydrogen-bond donors (Lipinski definition) is 1. The van der Waals surface area contributed by atoms with Gasteiger partial charge in [-0.1, -0.05) is 30.3 Å². The van der Waals surface area contributed by atoms with Crippen molar-refractivity contribution in [2.24, 2.45) is 0 Å². The molecule has 282 valence electrons. The Hall–Kier alpha value is -6.86. The number of tetrazole rings is 1. The molecule has 0 saturated heterocycles. The van der Waals surface area contributed by atoms with Gasteiger partial charge in [0.15, 0.2) is 22.7 Å². The fraction of sp³-hybridized carbons (Fsp3) is 0.209. The zero-order valence-corrected chi connectivity index (χ0v) is 31.2. The number of carbonyl (C=O) groups excluding carboxylic acids is 1. The Kier molecular flexibility index (Phi) is 10.2. The Morgan fingerprint density at radius 2 is 1.70 bits per heavy atom. The number of ether oxygens (including phenoxy) is 3. The molecule has 1 aliphatic rings. The lowest BCUT2D eigenvalue weighted by molar-refractivity contribution is 0.0997. The van der Waals surface area contributed by atoms with E-state index in [1.807, 2.05) is 31.2 Å². The van der Waals surface area contributed by atoms with Crippen molar-refractivity contribution in [1.29, 1.82) is 0 Å². The van der Waals surface area contributed by atoms with Gasteiger partial charge in [-0.3, -0.25) is 19.5 Å². The zero-order valence-electron chi connectivity index (χ0n) is 31.2. The lowest BCUT2D eigenvalue weighted by Gasteiger charge is -2.29. The normalized spacial score (nSPS) is 12.6. The van der Waals surface area contributed by atoms with Crippen LogP contribution in [0, 0.1) is 6.92 Å². The molecule has 0 radical (unpaired) electrons. The molecule has 0 fully saturated rings. The molecule has 1 aliphatic heterocycles. The zero-order chi connectivity index (χ0) is 38.6. The molecule has 3 aromatic heterocycles. The number of aromatic nitrogens is 5. The van der Waals surface area contributed by atoms with E-state index < -0.39 is 5.91 Å².